The molecule has 1 aliphatic carbocycles. The van der Waals surface area contributed by atoms with E-state index >= 15 is 0 Å². The molecule has 0 aromatic rings. The zero-order valence-corrected chi connectivity index (χ0v) is 14.9. The van der Waals surface area contributed by atoms with Gasteiger partial charge in [-0.05, 0) is 45.7 Å². The summed E-state index contributed by atoms with van der Waals surface area (Å²) in [6.45, 7) is 3.49. The smallest absolute Gasteiger partial charge is 0.317 e. The summed E-state index contributed by atoms with van der Waals surface area (Å²) in [4.78, 5) is 30.9. The molecule has 3 fully saturated rings. The van der Waals surface area contributed by atoms with Gasteiger partial charge in [0.1, 0.15) is 0 Å². The highest BCUT2D eigenvalue weighted by atomic mass is 16.5. The number of methoxy groups -OCH3 is 1. The molecule has 0 bridgehead atoms. The summed E-state index contributed by atoms with van der Waals surface area (Å²) in [5.74, 6) is 0.227. The van der Waals surface area contributed by atoms with Crippen LogP contribution in [0.2, 0.25) is 0 Å². The Balaban J connectivity index is 1.46. The standard InChI is InChI=1S/C17H30N4O3/c1-19-8-4-6-14(19)16(22)20-9-11-21(12-10-20)17(23)18-13-5-3-7-15(13)24-2/h13-15H,3-12H2,1-2H3,(H,18,23)/t13-,14?,15-/m1/s1. The van der Waals surface area contributed by atoms with E-state index in [-0.39, 0.29) is 30.1 Å². The molecule has 1 saturated carbocycles. The monoisotopic (exact) mass is 338 g/mol. The molecule has 2 aliphatic heterocycles. The Morgan fingerprint density at radius 2 is 1.67 bits per heavy atom. The van der Waals surface area contributed by atoms with Crippen molar-refractivity contribution < 1.29 is 14.3 Å². The van der Waals surface area contributed by atoms with Gasteiger partial charge in [0.05, 0.1) is 18.2 Å². The zero-order valence-electron chi connectivity index (χ0n) is 14.9. The Bertz CT molecular complexity index is 465. The predicted molar refractivity (Wildman–Crippen MR) is 90.8 cm³/mol. The van der Waals surface area contributed by atoms with E-state index in [0.717, 1.165) is 38.6 Å². The Hall–Kier alpha value is -1.34. The number of amides is 3. The van der Waals surface area contributed by atoms with E-state index in [1.165, 1.54) is 0 Å². The first-order chi connectivity index (χ1) is 11.6. The van der Waals surface area contributed by atoms with Crippen LogP contribution in [-0.2, 0) is 9.53 Å². The molecular formula is C17H30N4O3. The first-order valence-corrected chi connectivity index (χ1v) is 9.17. The quantitative estimate of drug-likeness (QED) is 0.814. The molecule has 3 atom stereocenters. The largest absolute Gasteiger partial charge is 0.379 e. The molecule has 24 heavy (non-hydrogen) atoms. The number of piperazine rings is 1. The second kappa shape index (κ2) is 7.70. The fraction of sp³-hybridized carbons (Fsp3) is 0.882. The normalized spacial score (nSPS) is 31.5. The summed E-state index contributed by atoms with van der Waals surface area (Å²) in [7, 11) is 3.73. The second-order valence-electron chi connectivity index (χ2n) is 7.21. The van der Waals surface area contributed by atoms with Gasteiger partial charge in [0, 0.05) is 33.3 Å². The van der Waals surface area contributed by atoms with Crippen molar-refractivity contribution in [3.63, 3.8) is 0 Å². The number of carbonyl (C=O) groups excluding carboxylic acids is 2. The number of carbonyl (C=O) groups is 2. The highest BCUT2D eigenvalue weighted by molar-refractivity contribution is 5.82. The van der Waals surface area contributed by atoms with E-state index in [4.69, 9.17) is 4.74 Å². The van der Waals surface area contributed by atoms with Gasteiger partial charge in [-0.15, -0.1) is 0 Å². The molecule has 0 aromatic heterocycles. The van der Waals surface area contributed by atoms with Crippen LogP contribution in [0.5, 0.6) is 0 Å². The maximum absolute atomic E-state index is 12.6. The molecular weight excluding hydrogens is 308 g/mol. The van der Waals surface area contributed by atoms with Crippen LogP contribution in [0.4, 0.5) is 4.79 Å². The third-order valence-corrected chi connectivity index (χ3v) is 5.75. The van der Waals surface area contributed by atoms with Crippen molar-refractivity contribution in [3.8, 4) is 0 Å². The lowest BCUT2D eigenvalue weighted by molar-refractivity contribution is -0.137. The van der Waals surface area contributed by atoms with E-state index < -0.39 is 0 Å². The Kier molecular flexibility index (Phi) is 5.61. The molecule has 3 aliphatic rings. The number of urea groups is 1. The third-order valence-electron chi connectivity index (χ3n) is 5.75. The van der Waals surface area contributed by atoms with Crippen LogP contribution >= 0.6 is 0 Å². The molecule has 0 aromatic carbocycles. The number of likely N-dealkylation sites (N-methyl/N-ethyl adjacent to an activating group) is 1. The highest BCUT2D eigenvalue weighted by Gasteiger charge is 2.34. The van der Waals surface area contributed by atoms with Crippen LogP contribution < -0.4 is 5.32 Å². The summed E-state index contributed by atoms with van der Waals surface area (Å²) >= 11 is 0. The molecule has 1 N–H and O–H groups in total. The first kappa shape index (κ1) is 17.5. The number of hydrogen-bond acceptors (Lipinski definition) is 4. The van der Waals surface area contributed by atoms with Gasteiger partial charge in [-0.2, -0.15) is 0 Å². The van der Waals surface area contributed by atoms with Gasteiger partial charge in [-0.1, -0.05) is 0 Å². The average Bonchev–Trinajstić information content (AvgIpc) is 3.22. The minimum absolute atomic E-state index is 0.0194. The molecule has 7 nitrogen and oxygen atoms in total. The van der Waals surface area contributed by atoms with Gasteiger partial charge in [-0.25, -0.2) is 4.79 Å². The van der Waals surface area contributed by atoms with Crippen molar-refractivity contribution >= 4 is 11.9 Å². The summed E-state index contributed by atoms with van der Waals surface area (Å²) < 4.78 is 5.44. The lowest BCUT2D eigenvalue weighted by Gasteiger charge is -2.37. The number of likely N-dealkylation sites (tertiary alicyclic amines) is 1. The van der Waals surface area contributed by atoms with Gasteiger partial charge in [0.2, 0.25) is 5.91 Å². The van der Waals surface area contributed by atoms with Crippen LogP contribution in [0.25, 0.3) is 0 Å². The summed E-state index contributed by atoms with van der Waals surface area (Å²) in [6, 6.07) is 0.134. The Labute approximate surface area is 144 Å². The maximum Gasteiger partial charge on any atom is 0.317 e. The molecule has 136 valence electrons. The highest BCUT2D eigenvalue weighted by Crippen LogP contribution is 2.22. The number of hydrogen-bond donors (Lipinski definition) is 1. The second-order valence-corrected chi connectivity index (χ2v) is 7.21. The molecule has 0 radical (unpaired) electrons. The van der Waals surface area contributed by atoms with Crippen molar-refractivity contribution in [3.05, 3.63) is 0 Å². The van der Waals surface area contributed by atoms with Gasteiger partial charge in [0.25, 0.3) is 0 Å². The molecule has 3 amide bonds. The topological polar surface area (TPSA) is 65.1 Å². The van der Waals surface area contributed by atoms with Gasteiger partial charge in [0.15, 0.2) is 0 Å². The van der Waals surface area contributed by atoms with E-state index in [1.54, 1.807) is 7.11 Å². The summed E-state index contributed by atoms with van der Waals surface area (Å²) in [5, 5.41) is 3.11. The van der Waals surface area contributed by atoms with Crippen LogP contribution in [0.15, 0.2) is 0 Å². The first-order valence-electron chi connectivity index (χ1n) is 9.17. The van der Waals surface area contributed by atoms with Crippen molar-refractivity contribution in [2.45, 2.75) is 50.3 Å². The summed E-state index contributed by atoms with van der Waals surface area (Å²) in [6.07, 6.45) is 5.28. The average molecular weight is 338 g/mol. The molecule has 2 saturated heterocycles. The Morgan fingerprint density at radius 1 is 0.958 bits per heavy atom. The Morgan fingerprint density at radius 3 is 2.29 bits per heavy atom. The van der Waals surface area contributed by atoms with Gasteiger partial charge >= 0.3 is 6.03 Å². The third kappa shape index (κ3) is 3.67. The zero-order chi connectivity index (χ0) is 17.1. The number of ether oxygens (including phenoxy) is 1. The van der Waals surface area contributed by atoms with E-state index in [1.807, 2.05) is 16.8 Å². The van der Waals surface area contributed by atoms with Crippen LogP contribution in [0.1, 0.15) is 32.1 Å². The van der Waals surface area contributed by atoms with Crippen molar-refractivity contribution in [1.29, 1.82) is 0 Å². The maximum atomic E-state index is 12.6. The molecule has 3 rings (SSSR count). The molecule has 1 unspecified atom stereocenters. The number of nitrogens with zero attached hydrogens (tertiary/aromatic N) is 3. The van der Waals surface area contributed by atoms with Gasteiger partial charge < -0.3 is 19.9 Å². The van der Waals surface area contributed by atoms with Crippen LogP contribution in [-0.4, -0.2) is 91.7 Å². The lowest BCUT2D eigenvalue weighted by atomic mass is 10.1. The predicted octanol–water partition coefficient (Wildman–Crippen LogP) is 0.502. The van der Waals surface area contributed by atoms with Crippen LogP contribution in [0, 0.1) is 0 Å². The summed E-state index contributed by atoms with van der Waals surface area (Å²) in [5.41, 5.74) is 0. The van der Waals surface area contributed by atoms with Crippen molar-refractivity contribution in [2.24, 2.45) is 0 Å². The minimum atomic E-state index is -0.0194. The van der Waals surface area contributed by atoms with E-state index in [2.05, 4.69) is 10.2 Å². The van der Waals surface area contributed by atoms with Crippen LogP contribution in [0.3, 0.4) is 0 Å². The lowest BCUT2D eigenvalue weighted by Crippen LogP contribution is -2.57. The number of rotatable bonds is 3. The minimum Gasteiger partial charge on any atom is -0.379 e. The SMILES string of the molecule is CO[C@@H]1CCC[C@H]1NC(=O)N1CCN(C(=O)C2CCCN2C)CC1. The fourth-order valence-corrected chi connectivity index (χ4v) is 4.19. The molecule has 2 heterocycles. The van der Waals surface area contributed by atoms with Crippen molar-refractivity contribution in [1.82, 2.24) is 20.0 Å². The van der Waals surface area contributed by atoms with Crippen molar-refractivity contribution in [2.75, 3.05) is 46.9 Å². The molecule has 0 spiro atoms. The van der Waals surface area contributed by atoms with E-state index in [0.29, 0.717) is 26.2 Å². The van der Waals surface area contributed by atoms with Gasteiger partial charge in [-0.3, -0.25) is 9.69 Å². The fourth-order valence-electron chi connectivity index (χ4n) is 4.19. The molecule has 7 heteroatoms. The van der Waals surface area contributed by atoms with E-state index in [9.17, 15) is 9.59 Å². The number of nitrogens with one attached hydrogen (secondary N) is 1.